The number of anilines is 3. The van der Waals surface area contributed by atoms with Crippen molar-refractivity contribution in [2.75, 3.05) is 41.8 Å². The van der Waals surface area contributed by atoms with Crippen LogP contribution in [0.5, 0.6) is 0 Å². The zero-order chi connectivity index (χ0) is 27.9. The van der Waals surface area contributed by atoms with E-state index in [9.17, 15) is 9.59 Å². The number of ether oxygens (including phenoxy) is 1. The zero-order valence-electron chi connectivity index (χ0n) is 22.9. The molecule has 0 aromatic heterocycles. The highest BCUT2D eigenvalue weighted by Gasteiger charge is 2.25. The number of benzene rings is 3. The highest BCUT2D eigenvalue weighted by molar-refractivity contribution is 6.31. The third-order valence-electron chi connectivity index (χ3n) is 7.77. The Morgan fingerprint density at radius 3 is 2.38 bits per heavy atom. The van der Waals surface area contributed by atoms with Crippen LogP contribution < -0.4 is 20.9 Å². The van der Waals surface area contributed by atoms with Crippen molar-refractivity contribution in [3.05, 3.63) is 88.4 Å². The Bertz CT molecular complexity index is 1320. The van der Waals surface area contributed by atoms with E-state index in [-0.39, 0.29) is 12.0 Å². The quantitative estimate of drug-likeness (QED) is 0.288. The molecule has 8 heteroatoms. The molecule has 40 heavy (non-hydrogen) atoms. The summed E-state index contributed by atoms with van der Waals surface area (Å²) in [5.41, 5.74) is 4.89. The molecule has 0 unspecified atom stereocenters. The van der Waals surface area contributed by atoms with E-state index in [1.165, 1.54) is 5.56 Å². The van der Waals surface area contributed by atoms with Crippen LogP contribution in [-0.2, 0) is 11.2 Å². The summed E-state index contributed by atoms with van der Waals surface area (Å²) >= 11 is 6.20. The Balaban J connectivity index is 1.28. The van der Waals surface area contributed by atoms with Crippen molar-refractivity contribution in [3.63, 3.8) is 0 Å². The summed E-state index contributed by atoms with van der Waals surface area (Å²) in [6.45, 7) is 4.88. The molecule has 5 rings (SSSR count). The molecule has 2 saturated heterocycles. The normalized spacial score (nSPS) is 17.4. The Kier molecular flexibility index (Phi) is 9.24. The molecule has 210 valence electrons. The molecule has 3 N–H and O–H groups in total. The van der Waals surface area contributed by atoms with Gasteiger partial charge in [0.1, 0.15) is 0 Å². The fourth-order valence-electron chi connectivity index (χ4n) is 5.47. The monoisotopic (exact) mass is 560 g/mol. The van der Waals surface area contributed by atoms with Gasteiger partial charge in [-0.25, -0.2) is 4.79 Å². The third kappa shape index (κ3) is 7.34. The summed E-state index contributed by atoms with van der Waals surface area (Å²) in [5.74, 6) is 0.460. The van der Waals surface area contributed by atoms with Gasteiger partial charge in [0.25, 0.3) is 5.91 Å². The molecule has 0 radical (unpaired) electrons. The first-order chi connectivity index (χ1) is 19.4. The maximum atomic E-state index is 13.4. The average Bonchev–Trinajstić information content (AvgIpc) is 3.49. The van der Waals surface area contributed by atoms with E-state index in [1.807, 2.05) is 25.1 Å². The number of carbonyl (C=O) groups is 2. The zero-order valence-corrected chi connectivity index (χ0v) is 23.7. The van der Waals surface area contributed by atoms with Crippen molar-refractivity contribution in [2.45, 2.75) is 45.1 Å². The highest BCUT2D eigenvalue weighted by atomic mass is 35.5. The molecule has 0 saturated carbocycles. The lowest BCUT2D eigenvalue weighted by Crippen LogP contribution is -2.37. The Hall–Kier alpha value is -3.55. The molecule has 7 nitrogen and oxygen atoms in total. The lowest BCUT2D eigenvalue weighted by atomic mass is 9.89. The minimum Gasteiger partial charge on any atom is -0.376 e. The second-order valence-electron chi connectivity index (χ2n) is 10.7. The van der Waals surface area contributed by atoms with Crippen LogP contribution in [0.25, 0.3) is 0 Å². The number of rotatable bonds is 8. The summed E-state index contributed by atoms with van der Waals surface area (Å²) < 4.78 is 5.70. The van der Waals surface area contributed by atoms with E-state index in [4.69, 9.17) is 16.3 Å². The van der Waals surface area contributed by atoms with Crippen LogP contribution >= 0.6 is 11.6 Å². The third-order valence-corrected chi connectivity index (χ3v) is 8.17. The van der Waals surface area contributed by atoms with Gasteiger partial charge in [0.2, 0.25) is 0 Å². The first-order valence-corrected chi connectivity index (χ1v) is 14.5. The van der Waals surface area contributed by atoms with Gasteiger partial charge < -0.3 is 25.6 Å². The highest BCUT2D eigenvalue weighted by Crippen LogP contribution is 2.30. The molecule has 3 aromatic carbocycles. The molecule has 2 aliphatic heterocycles. The molecule has 2 heterocycles. The average molecular weight is 561 g/mol. The predicted octanol–water partition coefficient (Wildman–Crippen LogP) is 6.66. The lowest BCUT2D eigenvalue weighted by molar-refractivity contribution is 0.0858. The van der Waals surface area contributed by atoms with Crippen LogP contribution in [0.3, 0.4) is 0 Å². The fraction of sp³-hybridized carbons (Fsp3) is 0.375. The number of urea groups is 1. The van der Waals surface area contributed by atoms with Crippen molar-refractivity contribution < 1.29 is 14.3 Å². The minimum atomic E-state index is -0.403. The standard InChI is InChI=1S/C32H37ClN4O3/c1-22-9-10-26(20-29(22)33)36-32(39)35-25-11-12-30(28(19-25)31(38)34-21-27-8-5-17-40-27)37-15-13-24(14-16-37)18-23-6-3-2-4-7-23/h2-4,6-7,9-12,19-20,24,27H,5,8,13-18,21H2,1H3,(H,34,38)(H2,35,36,39)/t27-/m1/s1. The van der Waals surface area contributed by atoms with Gasteiger partial charge in [-0.2, -0.15) is 0 Å². The van der Waals surface area contributed by atoms with Gasteiger partial charge in [-0.05, 0) is 86.4 Å². The second-order valence-corrected chi connectivity index (χ2v) is 11.1. The minimum absolute atomic E-state index is 0.0505. The number of nitrogens with one attached hydrogen (secondary N) is 3. The van der Waals surface area contributed by atoms with Gasteiger partial charge in [-0.1, -0.05) is 48.0 Å². The van der Waals surface area contributed by atoms with E-state index in [1.54, 1.807) is 18.2 Å². The van der Waals surface area contributed by atoms with Crippen molar-refractivity contribution in [2.24, 2.45) is 5.92 Å². The molecule has 3 amide bonds. The number of nitrogens with zero attached hydrogens (tertiary/aromatic N) is 1. The summed E-state index contributed by atoms with van der Waals surface area (Å²) in [7, 11) is 0. The summed E-state index contributed by atoms with van der Waals surface area (Å²) in [6, 6.07) is 21.1. The number of carbonyl (C=O) groups excluding carboxylic acids is 2. The molecule has 0 bridgehead atoms. The first kappa shape index (κ1) is 28.0. The smallest absolute Gasteiger partial charge is 0.323 e. The molecular formula is C32H37ClN4O3. The van der Waals surface area contributed by atoms with Gasteiger partial charge in [-0.15, -0.1) is 0 Å². The van der Waals surface area contributed by atoms with Gasteiger partial charge in [-0.3, -0.25) is 4.79 Å². The Morgan fingerprint density at radius 2 is 1.68 bits per heavy atom. The van der Waals surface area contributed by atoms with Crippen LogP contribution in [0.4, 0.5) is 21.9 Å². The van der Waals surface area contributed by atoms with Crippen LogP contribution in [-0.4, -0.2) is 44.3 Å². The number of halogens is 1. The fourth-order valence-corrected chi connectivity index (χ4v) is 5.65. The molecule has 2 fully saturated rings. The van der Waals surface area contributed by atoms with Crippen molar-refractivity contribution in [1.82, 2.24) is 5.32 Å². The van der Waals surface area contributed by atoms with Gasteiger partial charge in [0, 0.05) is 48.3 Å². The van der Waals surface area contributed by atoms with Gasteiger partial charge >= 0.3 is 6.03 Å². The van der Waals surface area contributed by atoms with Gasteiger partial charge in [0.15, 0.2) is 0 Å². The van der Waals surface area contributed by atoms with Crippen LogP contribution in [0.2, 0.25) is 5.02 Å². The van der Waals surface area contributed by atoms with Gasteiger partial charge in [0.05, 0.1) is 11.7 Å². The maximum Gasteiger partial charge on any atom is 0.323 e. The predicted molar refractivity (Wildman–Crippen MR) is 162 cm³/mol. The lowest BCUT2D eigenvalue weighted by Gasteiger charge is -2.35. The Morgan fingerprint density at radius 1 is 0.950 bits per heavy atom. The maximum absolute atomic E-state index is 13.4. The van der Waals surface area contributed by atoms with Crippen molar-refractivity contribution >= 4 is 40.6 Å². The van der Waals surface area contributed by atoms with Crippen LogP contribution in [0.15, 0.2) is 66.7 Å². The largest absolute Gasteiger partial charge is 0.376 e. The molecule has 0 spiro atoms. The number of aryl methyl sites for hydroxylation is 1. The molecule has 2 aliphatic rings. The topological polar surface area (TPSA) is 82.7 Å². The first-order valence-electron chi connectivity index (χ1n) is 14.1. The second kappa shape index (κ2) is 13.2. The number of hydrogen-bond acceptors (Lipinski definition) is 4. The molecule has 1 atom stereocenters. The number of piperidine rings is 1. The molecule has 3 aromatic rings. The van der Waals surface area contributed by atoms with E-state index in [0.29, 0.717) is 34.4 Å². The van der Waals surface area contributed by atoms with Crippen LogP contribution in [0, 0.1) is 12.8 Å². The van der Waals surface area contributed by atoms with Crippen molar-refractivity contribution in [1.29, 1.82) is 0 Å². The summed E-state index contributed by atoms with van der Waals surface area (Å²) in [5, 5.41) is 9.32. The summed E-state index contributed by atoms with van der Waals surface area (Å²) in [4.78, 5) is 28.5. The van der Waals surface area contributed by atoms with Crippen molar-refractivity contribution in [3.8, 4) is 0 Å². The summed E-state index contributed by atoms with van der Waals surface area (Å²) in [6.07, 6.45) is 5.22. The SMILES string of the molecule is Cc1ccc(NC(=O)Nc2ccc(N3CCC(Cc4ccccc4)CC3)c(C(=O)NC[C@H]3CCCO3)c2)cc1Cl. The van der Waals surface area contributed by atoms with E-state index in [2.05, 4.69) is 51.2 Å². The Labute approximate surface area is 241 Å². The van der Waals surface area contributed by atoms with Crippen LogP contribution in [0.1, 0.15) is 47.2 Å². The van der Waals surface area contributed by atoms with E-state index >= 15 is 0 Å². The molecule has 0 aliphatic carbocycles. The van der Waals surface area contributed by atoms with E-state index in [0.717, 1.165) is 63.1 Å². The molecular weight excluding hydrogens is 524 g/mol. The number of hydrogen-bond donors (Lipinski definition) is 3. The van der Waals surface area contributed by atoms with E-state index < -0.39 is 6.03 Å². The number of amides is 3.